The number of halogens is 3. The summed E-state index contributed by atoms with van der Waals surface area (Å²) in [6.45, 7) is 0.234. The second-order valence-corrected chi connectivity index (χ2v) is 6.71. The fourth-order valence-corrected chi connectivity index (χ4v) is 2.83. The van der Waals surface area contributed by atoms with Crippen molar-refractivity contribution in [1.82, 2.24) is 19.1 Å². The summed E-state index contributed by atoms with van der Waals surface area (Å²) in [7, 11) is 3.14. The molecule has 3 aromatic rings. The van der Waals surface area contributed by atoms with Gasteiger partial charge in [-0.25, -0.2) is 9.97 Å². The highest BCUT2D eigenvalue weighted by Crippen LogP contribution is 2.40. The Morgan fingerprint density at radius 1 is 1.10 bits per heavy atom. The average molecular weight is 423 g/mol. The first kappa shape index (κ1) is 21.4. The van der Waals surface area contributed by atoms with Crippen molar-refractivity contribution in [3.05, 3.63) is 60.7 Å². The van der Waals surface area contributed by atoms with Gasteiger partial charge >= 0.3 is 6.18 Å². The summed E-state index contributed by atoms with van der Waals surface area (Å²) in [5.74, 6) is -0.466. The molecular weight excluding hydrogens is 403 g/mol. The Labute approximate surface area is 169 Å². The van der Waals surface area contributed by atoms with Crippen molar-refractivity contribution in [1.29, 1.82) is 0 Å². The SMILES string of the molecule is Cn1ccnc1COc1ccc(NC(=O)CC(O)(c2nccn2C)C(F)(F)F)cc1. The molecule has 2 aromatic heterocycles. The van der Waals surface area contributed by atoms with Gasteiger partial charge in [0.2, 0.25) is 11.5 Å². The number of rotatable bonds is 7. The predicted octanol–water partition coefficient (Wildman–Crippen LogP) is 2.51. The third-order valence-corrected chi connectivity index (χ3v) is 4.50. The summed E-state index contributed by atoms with van der Waals surface area (Å²) in [5, 5.41) is 12.6. The lowest BCUT2D eigenvalue weighted by molar-refractivity contribution is -0.270. The van der Waals surface area contributed by atoms with Crippen molar-refractivity contribution in [2.24, 2.45) is 14.1 Å². The zero-order valence-electron chi connectivity index (χ0n) is 16.2. The molecule has 0 aliphatic heterocycles. The van der Waals surface area contributed by atoms with Crippen LogP contribution in [0.1, 0.15) is 18.1 Å². The van der Waals surface area contributed by atoms with Crippen molar-refractivity contribution in [2.75, 3.05) is 5.32 Å². The van der Waals surface area contributed by atoms with Gasteiger partial charge in [-0.3, -0.25) is 4.79 Å². The Morgan fingerprint density at radius 2 is 1.73 bits per heavy atom. The molecule has 0 saturated heterocycles. The second kappa shape index (κ2) is 8.19. The van der Waals surface area contributed by atoms with E-state index in [1.165, 1.54) is 25.4 Å². The summed E-state index contributed by atoms with van der Waals surface area (Å²) < 4.78 is 49.0. The number of imidazole rings is 2. The summed E-state index contributed by atoms with van der Waals surface area (Å²) in [6.07, 6.45) is -0.527. The molecule has 2 heterocycles. The van der Waals surface area contributed by atoms with Crippen LogP contribution >= 0.6 is 0 Å². The van der Waals surface area contributed by atoms with Crippen molar-refractivity contribution >= 4 is 11.6 Å². The van der Waals surface area contributed by atoms with Gasteiger partial charge in [0.15, 0.2) is 5.82 Å². The molecule has 3 rings (SSSR count). The zero-order chi connectivity index (χ0) is 21.9. The van der Waals surface area contributed by atoms with Gasteiger partial charge < -0.3 is 24.3 Å². The highest BCUT2D eigenvalue weighted by Gasteiger charge is 2.58. The first-order chi connectivity index (χ1) is 14.1. The van der Waals surface area contributed by atoms with Gasteiger partial charge in [-0.1, -0.05) is 0 Å². The monoisotopic (exact) mass is 423 g/mol. The quantitative estimate of drug-likeness (QED) is 0.609. The average Bonchev–Trinajstić information content (AvgIpc) is 3.28. The molecule has 0 aliphatic carbocycles. The lowest BCUT2D eigenvalue weighted by Gasteiger charge is -2.29. The third kappa shape index (κ3) is 4.46. The minimum Gasteiger partial charge on any atom is -0.486 e. The van der Waals surface area contributed by atoms with Crippen molar-refractivity contribution in [3.63, 3.8) is 0 Å². The van der Waals surface area contributed by atoms with Crippen LogP contribution < -0.4 is 10.1 Å². The van der Waals surface area contributed by atoms with Gasteiger partial charge in [0, 0.05) is 44.6 Å². The maximum absolute atomic E-state index is 13.5. The standard InChI is InChI=1S/C19H20F3N5O3/c1-26-9-7-23-15(26)12-30-14-5-3-13(4-6-14)25-16(28)11-18(29,19(20,21)22)17-24-8-10-27(17)2/h3-10,29H,11-12H2,1-2H3,(H,25,28). The van der Waals surface area contributed by atoms with E-state index in [-0.39, 0.29) is 12.3 Å². The largest absolute Gasteiger partial charge is 0.486 e. The highest BCUT2D eigenvalue weighted by atomic mass is 19.4. The van der Waals surface area contributed by atoms with Crippen molar-refractivity contribution in [2.45, 2.75) is 24.8 Å². The number of carbonyl (C=O) groups is 1. The van der Waals surface area contributed by atoms with Crippen LogP contribution in [-0.4, -0.2) is 36.3 Å². The smallest absolute Gasteiger partial charge is 0.425 e. The zero-order valence-corrected chi connectivity index (χ0v) is 16.2. The molecule has 2 N–H and O–H groups in total. The number of anilines is 1. The molecule has 30 heavy (non-hydrogen) atoms. The Bertz CT molecular complexity index is 1010. The molecule has 0 aliphatic rings. The van der Waals surface area contributed by atoms with Gasteiger partial charge in [0.1, 0.15) is 18.2 Å². The van der Waals surface area contributed by atoms with Crippen LogP contribution in [0.4, 0.5) is 18.9 Å². The van der Waals surface area contributed by atoms with E-state index < -0.39 is 29.9 Å². The fraction of sp³-hybridized carbons (Fsp3) is 0.316. The molecule has 1 amide bonds. The van der Waals surface area contributed by atoms with Crippen LogP contribution in [0, 0.1) is 0 Å². The second-order valence-electron chi connectivity index (χ2n) is 6.71. The summed E-state index contributed by atoms with van der Waals surface area (Å²) >= 11 is 0. The molecule has 0 radical (unpaired) electrons. The number of ether oxygens (including phenoxy) is 1. The van der Waals surface area contributed by atoms with Gasteiger partial charge in [-0.05, 0) is 24.3 Å². The summed E-state index contributed by atoms with van der Waals surface area (Å²) in [5.41, 5.74) is -3.16. The van der Waals surface area contributed by atoms with Crippen LogP contribution in [0.2, 0.25) is 0 Å². The van der Waals surface area contributed by atoms with Crippen LogP contribution in [0.15, 0.2) is 49.1 Å². The van der Waals surface area contributed by atoms with E-state index in [2.05, 4.69) is 15.3 Å². The molecule has 0 spiro atoms. The van der Waals surface area contributed by atoms with Crippen LogP contribution in [-0.2, 0) is 31.1 Å². The van der Waals surface area contributed by atoms with Crippen LogP contribution in [0.5, 0.6) is 5.75 Å². The maximum atomic E-state index is 13.5. The van der Waals surface area contributed by atoms with E-state index in [4.69, 9.17) is 4.74 Å². The number of aryl methyl sites for hydroxylation is 2. The Kier molecular flexibility index (Phi) is 5.83. The van der Waals surface area contributed by atoms with E-state index in [1.54, 1.807) is 29.1 Å². The minimum atomic E-state index is -5.09. The summed E-state index contributed by atoms with van der Waals surface area (Å²) in [6, 6.07) is 6.10. The molecule has 11 heteroatoms. The normalized spacial score (nSPS) is 13.7. The predicted molar refractivity (Wildman–Crippen MR) is 100 cm³/mol. The molecule has 160 valence electrons. The topological polar surface area (TPSA) is 94.2 Å². The lowest BCUT2D eigenvalue weighted by Crippen LogP contribution is -2.46. The first-order valence-electron chi connectivity index (χ1n) is 8.86. The van der Waals surface area contributed by atoms with Gasteiger partial charge in [-0.15, -0.1) is 0 Å². The minimum absolute atomic E-state index is 0.234. The number of nitrogens with zero attached hydrogens (tertiary/aromatic N) is 4. The van der Waals surface area contributed by atoms with E-state index in [1.807, 2.05) is 7.05 Å². The van der Waals surface area contributed by atoms with Gasteiger partial charge in [0.05, 0.1) is 6.42 Å². The highest BCUT2D eigenvalue weighted by molar-refractivity contribution is 5.91. The number of nitrogens with one attached hydrogen (secondary N) is 1. The maximum Gasteiger partial charge on any atom is 0.425 e. The summed E-state index contributed by atoms with van der Waals surface area (Å²) in [4.78, 5) is 19.9. The van der Waals surface area contributed by atoms with Crippen molar-refractivity contribution < 1.29 is 27.8 Å². The molecular formula is C19H20F3N5O3. The molecule has 0 saturated carbocycles. The van der Waals surface area contributed by atoms with E-state index in [0.717, 1.165) is 10.8 Å². The first-order valence-corrected chi connectivity index (χ1v) is 8.86. The number of benzene rings is 1. The molecule has 1 unspecified atom stereocenters. The van der Waals surface area contributed by atoms with Crippen LogP contribution in [0.3, 0.4) is 0 Å². The molecule has 0 bridgehead atoms. The number of carbonyl (C=O) groups excluding carboxylic acids is 1. The lowest BCUT2D eigenvalue weighted by atomic mass is 9.97. The van der Waals surface area contributed by atoms with Crippen molar-refractivity contribution in [3.8, 4) is 5.75 Å². The number of aliphatic hydroxyl groups is 1. The molecule has 0 fully saturated rings. The van der Waals surface area contributed by atoms with Crippen LogP contribution in [0.25, 0.3) is 0 Å². The number of hydrogen-bond donors (Lipinski definition) is 2. The number of alkyl halides is 3. The van der Waals surface area contributed by atoms with E-state index >= 15 is 0 Å². The molecule has 8 nitrogen and oxygen atoms in total. The van der Waals surface area contributed by atoms with E-state index in [9.17, 15) is 23.1 Å². The third-order valence-electron chi connectivity index (χ3n) is 4.50. The van der Waals surface area contributed by atoms with Gasteiger partial charge in [-0.2, -0.15) is 13.2 Å². The number of hydrogen-bond acceptors (Lipinski definition) is 5. The fourth-order valence-electron chi connectivity index (χ4n) is 2.83. The Hall–Kier alpha value is -3.34. The van der Waals surface area contributed by atoms with Gasteiger partial charge in [0.25, 0.3) is 0 Å². The number of aromatic nitrogens is 4. The molecule has 1 aromatic carbocycles. The Balaban J connectivity index is 1.65. The number of amides is 1. The Morgan fingerprint density at radius 3 is 2.27 bits per heavy atom. The van der Waals surface area contributed by atoms with E-state index in [0.29, 0.717) is 11.6 Å². The molecule has 1 atom stereocenters.